The topological polar surface area (TPSA) is 73.2 Å². The standard InChI is InChI=1S/C19H20F3N3O3/c1-11-17(12(2)25(4)24-11)23-18(27)13(3)28-16(26)10-7-14-5-8-15(9-6-14)19(20,21)22/h5-10,13H,1-4H3,(H,23,27)/b10-7+/t13-/m0/s1. The first-order chi connectivity index (χ1) is 13.0. The molecule has 2 aromatic rings. The molecule has 6 nitrogen and oxygen atoms in total. The highest BCUT2D eigenvalue weighted by molar-refractivity contribution is 5.97. The van der Waals surface area contributed by atoms with E-state index in [0.717, 1.165) is 23.9 Å². The summed E-state index contributed by atoms with van der Waals surface area (Å²) in [5.41, 5.74) is 1.55. The molecule has 0 unspecified atom stereocenters. The summed E-state index contributed by atoms with van der Waals surface area (Å²) in [6.45, 7) is 4.95. The Kier molecular flexibility index (Phi) is 6.27. The highest BCUT2D eigenvalue weighted by atomic mass is 19.4. The van der Waals surface area contributed by atoms with Gasteiger partial charge in [0.15, 0.2) is 6.10 Å². The van der Waals surface area contributed by atoms with E-state index in [-0.39, 0.29) is 0 Å². The number of rotatable bonds is 5. The number of carbonyl (C=O) groups excluding carboxylic acids is 2. The van der Waals surface area contributed by atoms with Crippen LogP contribution >= 0.6 is 0 Å². The Morgan fingerprint density at radius 1 is 1.21 bits per heavy atom. The molecule has 0 aliphatic carbocycles. The number of aromatic nitrogens is 2. The largest absolute Gasteiger partial charge is 0.449 e. The van der Waals surface area contributed by atoms with Crippen LogP contribution in [0.15, 0.2) is 30.3 Å². The van der Waals surface area contributed by atoms with E-state index in [2.05, 4.69) is 10.4 Å². The van der Waals surface area contributed by atoms with Crippen LogP contribution in [0.5, 0.6) is 0 Å². The van der Waals surface area contributed by atoms with Crippen molar-refractivity contribution in [2.24, 2.45) is 7.05 Å². The third-order valence-corrected chi connectivity index (χ3v) is 4.07. The van der Waals surface area contributed by atoms with Gasteiger partial charge in [-0.15, -0.1) is 0 Å². The Balaban J connectivity index is 1.94. The average molecular weight is 395 g/mol. The van der Waals surface area contributed by atoms with E-state index in [0.29, 0.717) is 16.9 Å². The first kappa shape index (κ1) is 21.2. The number of halogens is 3. The van der Waals surface area contributed by atoms with Gasteiger partial charge < -0.3 is 10.1 Å². The summed E-state index contributed by atoms with van der Waals surface area (Å²) < 4.78 is 44.2. The third-order valence-electron chi connectivity index (χ3n) is 4.07. The van der Waals surface area contributed by atoms with Crippen LogP contribution in [0.2, 0.25) is 0 Å². The predicted molar refractivity (Wildman–Crippen MR) is 97.3 cm³/mol. The molecule has 0 radical (unpaired) electrons. The van der Waals surface area contributed by atoms with Gasteiger partial charge in [-0.1, -0.05) is 12.1 Å². The molecule has 1 heterocycles. The van der Waals surface area contributed by atoms with Crippen LogP contribution < -0.4 is 5.32 Å². The van der Waals surface area contributed by atoms with Gasteiger partial charge in [0.25, 0.3) is 5.91 Å². The molecule has 1 N–H and O–H groups in total. The second-order valence-electron chi connectivity index (χ2n) is 6.19. The number of ether oxygens (including phenoxy) is 1. The number of hydrogen-bond donors (Lipinski definition) is 1. The highest BCUT2D eigenvalue weighted by Crippen LogP contribution is 2.29. The lowest BCUT2D eigenvalue weighted by atomic mass is 10.1. The molecular formula is C19H20F3N3O3. The zero-order chi connectivity index (χ0) is 21.1. The second kappa shape index (κ2) is 8.28. The molecule has 9 heteroatoms. The number of esters is 1. The van der Waals surface area contributed by atoms with Crippen LogP contribution in [-0.2, 0) is 27.5 Å². The first-order valence-corrected chi connectivity index (χ1v) is 8.36. The van der Waals surface area contributed by atoms with Gasteiger partial charge in [-0.25, -0.2) is 4.79 Å². The molecule has 0 saturated heterocycles. The van der Waals surface area contributed by atoms with Crippen molar-refractivity contribution in [2.75, 3.05) is 5.32 Å². The molecule has 1 aromatic carbocycles. The van der Waals surface area contributed by atoms with Gasteiger partial charge >= 0.3 is 12.1 Å². The Bertz CT molecular complexity index is 900. The number of benzene rings is 1. The monoisotopic (exact) mass is 395 g/mol. The second-order valence-corrected chi connectivity index (χ2v) is 6.19. The molecule has 0 spiro atoms. The summed E-state index contributed by atoms with van der Waals surface area (Å²) in [4.78, 5) is 24.1. The van der Waals surface area contributed by atoms with Crippen LogP contribution in [-0.4, -0.2) is 27.8 Å². The maximum Gasteiger partial charge on any atom is 0.416 e. The summed E-state index contributed by atoms with van der Waals surface area (Å²) >= 11 is 0. The molecule has 1 atom stereocenters. The molecule has 28 heavy (non-hydrogen) atoms. The summed E-state index contributed by atoms with van der Waals surface area (Å²) in [6, 6.07) is 4.30. The van der Waals surface area contributed by atoms with E-state index in [1.807, 2.05) is 0 Å². The molecule has 150 valence electrons. The Hall–Kier alpha value is -3.10. The van der Waals surface area contributed by atoms with Gasteiger partial charge in [-0.3, -0.25) is 9.48 Å². The minimum Gasteiger partial charge on any atom is -0.449 e. The van der Waals surface area contributed by atoms with E-state index in [1.165, 1.54) is 25.1 Å². The van der Waals surface area contributed by atoms with Crippen molar-refractivity contribution in [3.63, 3.8) is 0 Å². The van der Waals surface area contributed by atoms with Gasteiger partial charge in [0.2, 0.25) is 0 Å². The maximum atomic E-state index is 12.5. The molecule has 2 rings (SSSR count). The fourth-order valence-electron chi connectivity index (χ4n) is 2.39. The van der Waals surface area contributed by atoms with Crippen LogP contribution in [0, 0.1) is 13.8 Å². The molecule has 1 aromatic heterocycles. The summed E-state index contributed by atoms with van der Waals surface area (Å²) in [5.74, 6) is -1.31. The smallest absolute Gasteiger partial charge is 0.416 e. The fourth-order valence-corrected chi connectivity index (χ4v) is 2.39. The van der Waals surface area contributed by atoms with E-state index in [1.54, 1.807) is 25.6 Å². The van der Waals surface area contributed by atoms with Crippen molar-refractivity contribution in [3.8, 4) is 0 Å². The minimum absolute atomic E-state index is 0.392. The van der Waals surface area contributed by atoms with Gasteiger partial charge in [-0.2, -0.15) is 18.3 Å². The summed E-state index contributed by atoms with van der Waals surface area (Å²) in [5, 5.41) is 6.85. The van der Waals surface area contributed by atoms with Crippen molar-refractivity contribution in [1.82, 2.24) is 9.78 Å². The molecule has 0 fully saturated rings. The molecule has 0 aliphatic heterocycles. The molecule has 0 aliphatic rings. The van der Waals surface area contributed by atoms with Gasteiger partial charge in [0.05, 0.1) is 22.6 Å². The van der Waals surface area contributed by atoms with Crippen molar-refractivity contribution in [2.45, 2.75) is 33.1 Å². The van der Waals surface area contributed by atoms with Crippen molar-refractivity contribution in [3.05, 3.63) is 52.9 Å². The SMILES string of the molecule is Cc1nn(C)c(C)c1NC(=O)[C@H](C)OC(=O)/C=C/c1ccc(C(F)(F)F)cc1. The first-order valence-electron chi connectivity index (χ1n) is 8.36. The zero-order valence-corrected chi connectivity index (χ0v) is 15.8. The normalized spacial score (nSPS) is 12.8. The van der Waals surface area contributed by atoms with Gasteiger partial charge in [0.1, 0.15) is 0 Å². The quantitative estimate of drug-likeness (QED) is 0.620. The van der Waals surface area contributed by atoms with Gasteiger partial charge in [-0.05, 0) is 44.5 Å². The molecule has 0 saturated carbocycles. The number of anilines is 1. The number of alkyl halides is 3. The van der Waals surface area contributed by atoms with Crippen molar-refractivity contribution < 1.29 is 27.5 Å². The van der Waals surface area contributed by atoms with E-state index < -0.39 is 29.7 Å². The number of amides is 1. The Morgan fingerprint density at radius 2 is 1.82 bits per heavy atom. The average Bonchev–Trinajstić information content (AvgIpc) is 2.85. The fraction of sp³-hybridized carbons (Fsp3) is 0.316. The number of nitrogens with one attached hydrogen (secondary N) is 1. The Morgan fingerprint density at radius 3 is 2.32 bits per heavy atom. The van der Waals surface area contributed by atoms with Crippen LogP contribution in [0.25, 0.3) is 6.08 Å². The van der Waals surface area contributed by atoms with Crippen LogP contribution in [0.3, 0.4) is 0 Å². The molecule has 1 amide bonds. The zero-order valence-electron chi connectivity index (χ0n) is 15.8. The van der Waals surface area contributed by atoms with Gasteiger partial charge in [0, 0.05) is 13.1 Å². The van der Waals surface area contributed by atoms with Crippen molar-refractivity contribution in [1.29, 1.82) is 0 Å². The number of carbonyl (C=O) groups is 2. The number of aryl methyl sites for hydroxylation is 2. The predicted octanol–water partition coefficient (Wildman–Crippen LogP) is 3.64. The lowest BCUT2D eigenvalue weighted by molar-refractivity contribution is -0.148. The summed E-state index contributed by atoms with van der Waals surface area (Å²) in [6.07, 6.45) is -3.13. The van der Waals surface area contributed by atoms with Crippen LogP contribution in [0.4, 0.5) is 18.9 Å². The van der Waals surface area contributed by atoms with E-state index in [9.17, 15) is 22.8 Å². The van der Waals surface area contributed by atoms with E-state index >= 15 is 0 Å². The van der Waals surface area contributed by atoms with Crippen molar-refractivity contribution >= 4 is 23.6 Å². The Labute approximate surface area is 160 Å². The highest BCUT2D eigenvalue weighted by Gasteiger charge is 2.29. The molecule has 0 bridgehead atoms. The van der Waals surface area contributed by atoms with E-state index in [4.69, 9.17) is 4.74 Å². The maximum absolute atomic E-state index is 12.5. The lowest BCUT2D eigenvalue weighted by Gasteiger charge is -2.12. The third kappa shape index (κ3) is 5.21. The minimum atomic E-state index is -4.42. The lowest BCUT2D eigenvalue weighted by Crippen LogP contribution is -2.29. The number of hydrogen-bond acceptors (Lipinski definition) is 4. The van der Waals surface area contributed by atoms with Crippen LogP contribution in [0.1, 0.15) is 29.4 Å². The summed E-state index contributed by atoms with van der Waals surface area (Å²) in [7, 11) is 1.74. The number of nitrogens with zero attached hydrogens (tertiary/aromatic N) is 2. The molecular weight excluding hydrogens is 375 g/mol.